The van der Waals surface area contributed by atoms with Crippen molar-refractivity contribution >= 4 is 60.5 Å². The number of fused-ring (bicyclic) bond motifs is 5. The van der Waals surface area contributed by atoms with E-state index in [-0.39, 0.29) is 22.5 Å². The first-order valence-electron chi connectivity index (χ1n) is 22.8. The van der Waals surface area contributed by atoms with Gasteiger partial charge in [0.25, 0.3) is 0 Å². The Kier molecular flexibility index (Phi) is 4.81. The maximum Gasteiger partial charge on any atom is 0.137 e. The predicted octanol–water partition coefficient (Wildman–Crippen LogP) is 14.4. The minimum Gasteiger partial charge on any atom is -0.456 e. The average Bonchev–Trinajstić information content (AvgIpc) is 3.70. The van der Waals surface area contributed by atoms with Gasteiger partial charge < -0.3 is 9.32 Å². The molecule has 0 bridgehead atoms. The van der Waals surface area contributed by atoms with Crippen LogP contribution in [0, 0.1) is 0 Å². The Balaban J connectivity index is 1.26. The summed E-state index contributed by atoms with van der Waals surface area (Å²) in [6.07, 6.45) is 0. The normalized spacial score (nSPS) is 14.7. The monoisotopic (exact) mass is 675 g/mol. The quantitative estimate of drug-likeness (QED) is 0.174. The highest BCUT2D eigenvalue weighted by Gasteiger charge is 2.19. The number of hydrogen-bond acceptors (Lipinski definition) is 2. The average molecular weight is 676 g/mol. The SMILES string of the molecule is [2H]c1c([2H])c(-c2cccc3ccccc23)c([2H])c([2H])c1-c1c([2H])c([2H])c(N(c2c([2H])c([2H])c(-c3cccc4ccccc34)c([2H])c2[2H])c2cccc3oc4ccccc4c23)c([2H])c1[2H]. The molecule has 0 atom stereocenters. The van der Waals surface area contributed by atoms with Gasteiger partial charge in [-0.25, -0.2) is 0 Å². The molecule has 1 aromatic heterocycles. The lowest BCUT2D eigenvalue weighted by molar-refractivity contribution is 0.669. The first-order chi connectivity index (χ1) is 30.8. The van der Waals surface area contributed by atoms with Crippen LogP contribution in [-0.2, 0) is 0 Å². The summed E-state index contributed by atoms with van der Waals surface area (Å²) in [5.74, 6) is 0. The predicted molar refractivity (Wildman–Crippen MR) is 220 cm³/mol. The molecule has 0 aliphatic carbocycles. The van der Waals surface area contributed by atoms with E-state index in [0.717, 1.165) is 10.8 Å². The Morgan fingerprint density at radius 3 is 1.38 bits per heavy atom. The van der Waals surface area contributed by atoms with Gasteiger partial charge in [-0.15, -0.1) is 0 Å². The fraction of sp³-hybridized carbons (Fsp3) is 0. The molecule has 10 rings (SSSR count). The van der Waals surface area contributed by atoms with Gasteiger partial charge in [-0.1, -0.05) is 158 Å². The number of furan rings is 1. The second-order valence-electron chi connectivity index (χ2n) is 12.3. The number of nitrogens with zero attached hydrogens (tertiary/aromatic N) is 1. The van der Waals surface area contributed by atoms with Crippen LogP contribution in [0.15, 0.2) is 204 Å². The van der Waals surface area contributed by atoms with E-state index in [1.165, 1.54) is 4.90 Å². The molecule has 10 aromatic rings. The van der Waals surface area contributed by atoms with Crippen LogP contribution in [0.5, 0.6) is 0 Å². The van der Waals surface area contributed by atoms with Crippen molar-refractivity contribution in [3.63, 3.8) is 0 Å². The van der Waals surface area contributed by atoms with Gasteiger partial charge in [0.15, 0.2) is 0 Å². The largest absolute Gasteiger partial charge is 0.456 e. The summed E-state index contributed by atoms with van der Waals surface area (Å²) in [5.41, 5.74) is 0.325. The van der Waals surface area contributed by atoms with E-state index in [4.69, 9.17) is 7.16 Å². The minimum atomic E-state index is -0.702. The molecule has 0 aliphatic rings. The van der Waals surface area contributed by atoms with Crippen LogP contribution in [0.3, 0.4) is 0 Å². The first kappa shape index (κ1) is 20.1. The van der Waals surface area contributed by atoms with E-state index < -0.39 is 89.3 Å². The summed E-state index contributed by atoms with van der Waals surface area (Å²) in [6.45, 7) is 0. The van der Waals surface area contributed by atoms with Crippen molar-refractivity contribution < 1.29 is 20.9 Å². The molecule has 0 aliphatic heterocycles. The lowest BCUT2D eigenvalue weighted by atomic mass is 9.96. The number of hydrogen-bond donors (Lipinski definition) is 0. The number of anilines is 3. The van der Waals surface area contributed by atoms with E-state index in [9.17, 15) is 13.7 Å². The first-order valence-corrected chi connectivity index (χ1v) is 16.8. The second-order valence-corrected chi connectivity index (χ2v) is 12.3. The van der Waals surface area contributed by atoms with E-state index in [1.807, 2.05) is 60.7 Å². The maximum atomic E-state index is 9.63. The van der Waals surface area contributed by atoms with Crippen LogP contribution >= 0.6 is 0 Å². The molecule has 0 spiro atoms. The topological polar surface area (TPSA) is 16.4 Å². The van der Waals surface area contributed by atoms with E-state index >= 15 is 0 Å². The Hall–Kier alpha value is -6.90. The highest BCUT2D eigenvalue weighted by molar-refractivity contribution is 6.13. The summed E-state index contributed by atoms with van der Waals surface area (Å²) in [7, 11) is 0. The van der Waals surface area contributed by atoms with Crippen LogP contribution in [0.25, 0.3) is 76.9 Å². The summed E-state index contributed by atoms with van der Waals surface area (Å²) < 4.78 is 119. The van der Waals surface area contributed by atoms with Crippen LogP contribution in [0.4, 0.5) is 17.1 Å². The van der Waals surface area contributed by atoms with Gasteiger partial charge in [0.1, 0.15) is 11.2 Å². The van der Waals surface area contributed by atoms with E-state index in [1.54, 1.807) is 66.7 Å². The van der Waals surface area contributed by atoms with Crippen molar-refractivity contribution in [2.24, 2.45) is 0 Å². The van der Waals surface area contributed by atoms with Gasteiger partial charge >= 0.3 is 0 Å². The summed E-state index contributed by atoms with van der Waals surface area (Å²) >= 11 is 0. The molecule has 0 saturated heterocycles. The lowest BCUT2D eigenvalue weighted by Crippen LogP contribution is -2.10. The molecule has 9 aromatic carbocycles. The number of para-hydroxylation sites is 1. The van der Waals surface area contributed by atoms with Crippen LogP contribution in [0.1, 0.15) is 16.4 Å². The zero-order valence-electron chi connectivity index (χ0n) is 39.5. The van der Waals surface area contributed by atoms with Crippen molar-refractivity contribution in [3.8, 4) is 33.4 Å². The third kappa shape index (κ3) is 5.12. The third-order valence-corrected chi connectivity index (χ3v) is 9.29. The molecule has 52 heavy (non-hydrogen) atoms. The third-order valence-electron chi connectivity index (χ3n) is 9.29. The molecule has 244 valence electrons. The fourth-order valence-corrected chi connectivity index (χ4v) is 6.85. The zero-order chi connectivity index (χ0) is 44.9. The highest BCUT2D eigenvalue weighted by atomic mass is 16.3. The molecule has 0 fully saturated rings. The standard InChI is InChI=1S/C50H33NO/c1-3-14-42-36(10-1)12-7-17-44(42)38-24-22-34(23-25-38)35-26-30-40(31-27-35)51(47-19-9-21-49-50(47)46-16-5-6-20-48(46)52-49)41-32-28-39(29-33-41)45-18-8-13-37-11-2-4-15-43(37)45/h1-33H/i22D,23D,24D,25D,26D,27D,28D,29D,30D,31D,32D,33D. The van der Waals surface area contributed by atoms with E-state index in [2.05, 4.69) is 0 Å². The van der Waals surface area contributed by atoms with Gasteiger partial charge in [-0.3, -0.25) is 0 Å². The van der Waals surface area contributed by atoms with Gasteiger partial charge in [-0.05, 0) is 97.3 Å². The van der Waals surface area contributed by atoms with Crippen molar-refractivity contribution in [1.29, 1.82) is 0 Å². The Bertz CT molecular complexity index is 3520. The van der Waals surface area contributed by atoms with Crippen molar-refractivity contribution in [1.82, 2.24) is 0 Å². The van der Waals surface area contributed by atoms with Crippen molar-refractivity contribution in [2.45, 2.75) is 0 Å². The molecule has 0 radical (unpaired) electrons. The number of benzene rings is 9. The maximum absolute atomic E-state index is 9.63. The lowest BCUT2D eigenvalue weighted by Gasteiger charge is -2.26. The molecule has 0 amide bonds. The van der Waals surface area contributed by atoms with Crippen molar-refractivity contribution in [2.75, 3.05) is 4.90 Å². The van der Waals surface area contributed by atoms with Crippen LogP contribution in [-0.4, -0.2) is 0 Å². The van der Waals surface area contributed by atoms with Gasteiger partial charge in [0.05, 0.1) is 27.5 Å². The summed E-state index contributed by atoms with van der Waals surface area (Å²) in [4.78, 5) is 1.21. The summed E-state index contributed by atoms with van der Waals surface area (Å²) in [5, 5.41) is 4.10. The zero-order valence-corrected chi connectivity index (χ0v) is 27.5. The van der Waals surface area contributed by atoms with Gasteiger partial charge in [0, 0.05) is 16.8 Å². The fourth-order valence-electron chi connectivity index (χ4n) is 6.85. The number of rotatable bonds is 6. The molecule has 2 heteroatoms. The van der Waals surface area contributed by atoms with Crippen LogP contribution in [0.2, 0.25) is 0 Å². The van der Waals surface area contributed by atoms with Gasteiger partial charge in [0.2, 0.25) is 0 Å². The summed E-state index contributed by atoms with van der Waals surface area (Å²) in [6, 6.07) is 31.0. The molecule has 1 heterocycles. The molecule has 0 unspecified atom stereocenters. The Morgan fingerprint density at radius 1 is 0.365 bits per heavy atom. The van der Waals surface area contributed by atoms with Gasteiger partial charge in [-0.2, -0.15) is 0 Å². The second kappa shape index (κ2) is 12.5. The molecular weight excluding hydrogens is 631 g/mol. The molecule has 0 saturated carbocycles. The molecule has 2 nitrogen and oxygen atoms in total. The highest BCUT2D eigenvalue weighted by Crippen LogP contribution is 2.44. The van der Waals surface area contributed by atoms with Crippen LogP contribution < -0.4 is 4.90 Å². The Labute approximate surface area is 319 Å². The molecule has 0 N–H and O–H groups in total. The smallest absolute Gasteiger partial charge is 0.137 e. The van der Waals surface area contributed by atoms with E-state index in [0.29, 0.717) is 43.8 Å². The Morgan fingerprint density at radius 2 is 0.788 bits per heavy atom. The molecular formula is C50H33NO. The van der Waals surface area contributed by atoms with Crippen molar-refractivity contribution in [3.05, 3.63) is 200 Å². The minimum absolute atomic E-state index is 0.0179.